The van der Waals surface area contributed by atoms with Gasteiger partial charge < -0.3 is 10.6 Å². The van der Waals surface area contributed by atoms with Crippen LogP contribution >= 0.6 is 11.3 Å². The number of hydrogen-bond donors (Lipinski definition) is 2. The van der Waals surface area contributed by atoms with Crippen LogP contribution in [0.2, 0.25) is 0 Å². The van der Waals surface area contributed by atoms with E-state index >= 15 is 0 Å². The Balaban J connectivity index is 1.74. The monoisotopic (exact) mass is 415 g/mol. The number of nitrogens with zero attached hydrogens (tertiary/aromatic N) is 3. The third-order valence-corrected chi connectivity index (χ3v) is 5.23. The van der Waals surface area contributed by atoms with Crippen molar-refractivity contribution in [2.75, 3.05) is 5.32 Å². The van der Waals surface area contributed by atoms with Crippen LogP contribution in [0, 0.1) is 11.7 Å². The van der Waals surface area contributed by atoms with E-state index in [1.54, 1.807) is 28.4 Å². The lowest BCUT2D eigenvalue weighted by Crippen LogP contribution is -2.32. The zero-order valence-corrected chi connectivity index (χ0v) is 17.2. The first kappa shape index (κ1) is 20.7. The van der Waals surface area contributed by atoms with Crippen LogP contribution < -0.4 is 10.6 Å². The van der Waals surface area contributed by atoms with E-state index in [0.717, 1.165) is 0 Å². The lowest BCUT2D eigenvalue weighted by molar-refractivity contribution is 0.0921. The van der Waals surface area contributed by atoms with E-state index in [0.29, 0.717) is 17.4 Å². The van der Waals surface area contributed by atoms with Gasteiger partial charge in [0, 0.05) is 24.2 Å². The van der Waals surface area contributed by atoms with E-state index in [1.165, 1.54) is 29.5 Å². The molecule has 1 atom stereocenters. The van der Waals surface area contributed by atoms with Crippen LogP contribution in [0.15, 0.2) is 41.9 Å². The zero-order chi connectivity index (χ0) is 21.0. The zero-order valence-electron chi connectivity index (χ0n) is 16.3. The molecule has 2 heterocycles. The Morgan fingerprint density at radius 2 is 1.97 bits per heavy atom. The Bertz CT molecular complexity index is 1010. The van der Waals surface area contributed by atoms with E-state index in [-0.39, 0.29) is 23.1 Å². The van der Waals surface area contributed by atoms with Gasteiger partial charge in [-0.3, -0.25) is 14.3 Å². The fourth-order valence-electron chi connectivity index (χ4n) is 2.70. The van der Waals surface area contributed by atoms with Crippen molar-refractivity contribution >= 4 is 29.0 Å². The molecule has 0 spiro atoms. The van der Waals surface area contributed by atoms with E-state index in [4.69, 9.17) is 0 Å². The van der Waals surface area contributed by atoms with Crippen LogP contribution in [-0.2, 0) is 6.54 Å². The van der Waals surface area contributed by atoms with Crippen molar-refractivity contribution in [3.63, 3.8) is 0 Å². The van der Waals surface area contributed by atoms with Crippen molar-refractivity contribution in [1.29, 1.82) is 0 Å². The first-order valence-electron chi connectivity index (χ1n) is 9.24. The quantitative estimate of drug-likeness (QED) is 0.613. The number of aryl methyl sites for hydroxylation is 1. The molecule has 3 rings (SSSR count). The van der Waals surface area contributed by atoms with E-state index < -0.39 is 17.8 Å². The fraction of sp³-hybridized carbons (Fsp3) is 0.300. The average Bonchev–Trinajstić information content (AvgIpc) is 3.35. The number of carbonyl (C=O) groups excluding carboxylic acids is 2. The predicted octanol–water partition coefficient (Wildman–Crippen LogP) is 3.88. The molecule has 0 aliphatic rings. The molecule has 2 N–H and O–H groups in total. The first-order valence-corrected chi connectivity index (χ1v) is 10.1. The summed E-state index contributed by atoms with van der Waals surface area (Å²) >= 11 is 1.27. The minimum Gasteiger partial charge on any atom is -0.342 e. The molecule has 0 saturated heterocycles. The number of rotatable bonds is 7. The molecule has 0 saturated carbocycles. The molecule has 0 bridgehead atoms. The van der Waals surface area contributed by atoms with Gasteiger partial charge in [0.1, 0.15) is 16.5 Å². The van der Waals surface area contributed by atoms with Gasteiger partial charge in [-0.1, -0.05) is 26.0 Å². The number of carbonyl (C=O) groups is 2. The number of amides is 2. The highest BCUT2D eigenvalue weighted by Gasteiger charge is 2.24. The van der Waals surface area contributed by atoms with Crippen molar-refractivity contribution in [2.45, 2.75) is 33.4 Å². The molecule has 2 amide bonds. The van der Waals surface area contributed by atoms with E-state index in [1.807, 2.05) is 20.8 Å². The normalized spacial score (nSPS) is 12.0. The summed E-state index contributed by atoms with van der Waals surface area (Å²) in [5.74, 6) is -1.05. The summed E-state index contributed by atoms with van der Waals surface area (Å²) in [4.78, 5) is 29.3. The molecule has 0 aliphatic heterocycles. The maximum atomic E-state index is 13.9. The van der Waals surface area contributed by atoms with Crippen LogP contribution in [0.25, 0.3) is 0 Å². The maximum absolute atomic E-state index is 13.9. The van der Waals surface area contributed by atoms with Gasteiger partial charge in [-0.2, -0.15) is 5.10 Å². The molecule has 0 radical (unpaired) electrons. The summed E-state index contributed by atoms with van der Waals surface area (Å²) in [6, 6.07) is 7.06. The van der Waals surface area contributed by atoms with Crippen molar-refractivity contribution < 1.29 is 14.0 Å². The summed E-state index contributed by atoms with van der Waals surface area (Å²) in [5.41, 5.74) is 0.209. The highest BCUT2D eigenvalue weighted by atomic mass is 32.1. The Morgan fingerprint density at radius 1 is 1.21 bits per heavy atom. The van der Waals surface area contributed by atoms with Crippen LogP contribution in [0.4, 0.5) is 10.2 Å². The summed E-state index contributed by atoms with van der Waals surface area (Å²) in [7, 11) is 0. The molecular formula is C20H22FN5O2S. The Hall–Kier alpha value is -3.07. The summed E-state index contributed by atoms with van der Waals surface area (Å²) in [5, 5.41) is 12.0. The van der Waals surface area contributed by atoms with Gasteiger partial charge in [-0.05, 0) is 25.0 Å². The van der Waals surface area contributed by atoms with Crippen LogP contribution in [0.5, 0.6) is 0 Å². The molecule has 0 fully saturated rings. The predicted molar refractivity (Wildman–Crippen MR) is 109 cm³/mol. The van der Waals surface area contributed by atoms with Gasteiger partial charge in [0.15, 0.2) is 5.82 Å². The van der Waals surface area contributed by atoms with Gasteiger partial charge in [0.2, 0.25) is 0 Å². The minimum atomic E-state index is -0.585. The standard InChI is InChI=1S/C20H22FN5O2S/c1-4-26-10-9-16(25-26)23-19(28)15-11-29-20(22-15)17(12(2)3)24-18(27)13-7-5-6-8-14(13)21/h5-12,17H,4H2,1-3H3,(H,24,27)(H,23,25,28)/t17-/m0/s1. The maximum Gasteiger partial charge on any atom is 0.276 e. The number of halogens is 1. The van der Waals surface area contributed by atoms with Crippen LogP contribution in [0.1, 0.15) is 52.7 Å². The highest BCUT2D eigenvalue weighted by molar-refractivity contribution is 7.10. The van der Waals surface area contributed by atoms with Gasteiger partial charge in [0.25, 0.3) is 11.8 Å². The third kappa shape index (κ3) is 4.86. The van der Waals surface area contributed by atoms with Crippen molar-refractivity contribution in [3.8, 4) is 0 Å². The second kappa shape index (κ2) is 8.95. The Morgan fingerprint density at radius 3 is 2.62 bits per heavy atom. The number of nitrogens with one attached hydrogen (secondary N) is 2. The third-order valence-electron chi connectivity index (χ3n) is 4.30. The van der Waals surface area contributed by atoms with Gasteiger partial charge in [0.05, 0.1) is 11.6 Å². The average molecular weight is 415 g/mol. The second-order valence-corrected chi connectivity index (χ2v) is 7.65. The van der Waals surface area contributed by atoms with E-state index in [2.05, 4.69) is 20.7 Å². The molecule has 152 valence electrons. The molecule has 7 nitrogen and oxygen atoms in total. The summed E-state index contributed by atoms with van der Waals surface area (Å²) < 4.78 is 15.6. The molecule has 3 aromatic rings. The van der Waals surface area contributed by atoms with E-state index in [9.17, 15) is 14.0 Å². The molecular weight excluding hydrogens is 393 g/mol. The summed E-state index contributed by atoms with van der Waals surface area (Å²) in [6.45, 7) is 6.50. The SMILES string of the molecule is CCn1ccc(NC(=O)c2csc([C@@H](NC(=O)c3ccccc3F)C(C)C)n2)n1. The Kier molecular flexibility index (Phi) is 6.38. The second-order valence-electron chi connectivity index (χ2n) is 6.76. The van der Waals surface area contributed by atoms with Crippen LogP contribution in [0.3, 0.4) is 0 Å². The lowest BCUT2D eigenvalue weighted by atomic mass is 10.0. The Labute approximate surface area is 172 Å². The minimum absolute atomic E-state index is 0.00645. The van der Waals surface area contributed by atoms with Gasteiger partial charge in [-0.15, -0.1) is 11.3 Å². The summed E-state index contributed by atoms with van der Waals surface area (Å²) in [6.07, 6.45) is 1.77. The molecule has 9 heteroatoms. The smallest absolute Gasteiger partial charge is 0.276 e. The molecule has 29 heavy (non-hydrogen) atoms. The largest absolute Gasteiger partial charge is 0.342 e. The molecule has 1 aromatic carbocycles. The number of thiazole rings is 1. The molecule has 2 aromatic heterocycles. The molecule has 0 aliphatic carbocycles. The highest BCUT2D eigenvalue weighted by Crippen LogP contribution is 2.26. The number of anilines is 1. The van der Waals surface area contributed by atoms with Crippen LogP contribution in [-0.4, -0.2) is 26.6 Å². The number of benzene rings is 1. The van der Waals surface area contributed by atoms with Crippen molar-refractivity contribution in [1.82, 2.24) is 20.1 Å². The lowest BCUT2D eigenvalue weighted by Gasteiger charge is -2.20. The number of aromatic nitrogens is 3. The topological polar surface area (TPSA) is 88.9 Å². The fourth-order valence-corrected chi connectivity index (χ4v) is 3.72. The molecule has 0 unspecified atom stereocenters. The first-order chi connectivity index (χ1) is 13.9. The van der Waals surface area contributed by atoms with Gasteiger partial charge >= 0.3 is 0 Å². The van der Waals surface area contributed by atoms with Crippen molar-refractivity contribution in [2.24, 2.45) is 5.92 Å². The number of hydrogen-bond acceptors (Lipinski definition) is 5. The van der Waals surface area contributed by atoms with Crippen molar-refractivity contribution in [3.05, 3.63) is 64.0 Å². The van der Waals surface area contributed by atoms with Gasteiger partial charge in [-0.25, -0.2) is 9.37 Å².